The Morgan fingerprint density at radius 2 is 1.46 bits per heavy atom. The lowest BCUT2D eigenvalue weighted by Gasteiger charge is -2.14. The Bertz CT molecular complexity index is 929. The lowest BCUT2D eigenvalue weighted by Crippen LogP contribution is -2.17. The zero-order valence-electron chi connectivity index (χ0n) is 14.8. The van der Waals surface area contributed by atoms with Crippen molar-refractivity contribution in [1.29, 1.82) is 0 Å². The Morgan fingerprint density at radius 3 is 2.19 bits per heavy atom. The second kappa shape index (κ2) is 7.79. The first-order valence-electron chi connectivity index (χ1n) is 8.53. The Balaban J connectivity index is 1.80. The van der Waals surface area contributed by atoms with Gasteiger partial charge in [0, 0.05) is 11.1 Å². The molecule has 3 rings (SSSR count). The largest absolute Gasteiger partial charge is 0.426 e. The summed E-state index contributed by atoms with van der Waals surface area (Å²) in [4.78, 5) is 25.1. The summed E-state index contributed by atoms with van der Waals surface area (Å²) in [5.41, 5.74) is 2.84. The Labute approximate surface area is 153 Å². The highest BCUT2D eigenvalue weighted by atomic mass is 16.5. The number of hydrogen-bond acceptors (Lipinski definition) is 3. The molecule has 0 spiro atoms. The average Bonchev–Trinajstić information content (AvgIpc) is 2.69. The lowest BCUT2D eigenvalue weighted by molar-refractivity contribution is -0.135. The molecule has 0 aromatic heterocycles. The molecule has 130 valence electrons. The lowest BCUT2D eigenvalue weighted by atomic mass is 9.96. The Hall–Kier alpha value is -3.20. The highest BCUT2D eigenvalue weighted by molar-refractivity contribution is 6.09. The van der Waals surface area contributed by atoms with E-state index in [1.807, 2.05) is 49.4 Å². The van der Waals surface area contributed by atoms with Gasteiger partial charge in [-0.2, -0.15) is 0 Å². The molecule has 0 unspecified atom stereocenters. The van der Waals surface area contributed by atoms with Crippen molar-refractivity contribution in [3.8, 4) is 5.75 Å². The molecule has 3 nitrogen and oxygen atoms in total. The molecular formula is C23H20O3. The summed E-state index contributed by atoms with van der Waals surface area (Å²) in [6, 6.07) is 23.7. The first-order valence-corrected chi connectivity index (χ1v) is 8.53. The minimum Gasteiger partial charge on any atom is -0.426 e. The predicted octanol–water partition coefficient (Wildman–Crippen LogP) is 4.94. The van der Waals surface area contributed by atoms with Crippen molar-refractivity contribution in [3.05, 3.63) is 101 Å². The van der Waals surface area contributed by atoms with Gasteiger partial charge in [0.05, 0.1) is 5.92 Å². The number of benzene rings is 3. The van der Waals surface area contributed by atoms with E-state index in [-0.39, 0.29) is 11.8 Å². The van der Waals surface area contributed by atoms with E-state index in [1.165, 1.54) is 0 Å². The first-order chi connectivity index (χ1) is 12.6. The number of para-hydroxylation sites is 1. The molecule has 0 N–H and O–H groups in total. The van der Waals surface area contributed by atoms with Crippen LogP contribution in [0.5, 0.6) is 5.75 Å². The normalized spacial score (nSPS) is 11.6. The van der Waals surface area contributed by atoms with E-state index >= 15 is 0 Å². The molecule has 0 amide bonds. The standard InChI is InChI=1S/C23H20O3/c1-16-9-6-7-14-21(16)26-23(25)17(2)19-12-8-13-20(15-19)22(24)18-10-4-3-5-11-18/h3-15,17H,1-2H3/t17-/m1/s1. The van der Waals surface area contributed by atoms with Gasteiger partial charge in [0.2, 0.25) is 0 Å². The van der Waals surface area contributed by atoms with Crippen LogP contribution in [0.25, 0.3) is 0 Å². The number of hydrogen-bond donors (Lipinski definition) is 0. The van der Waals surface area contributed by atoms with Crippen LogP contribution in [0.1, 0.15) is 39.9 Å². The van der Waals surface area contributed by atoms with Gasteiger partial charge in [-0.3, -0.25) is 9.59 Å². The van der Waals surface area contributed by atoms with E-state index in [4.69, 9.17) is 4.74 Å². The van der Waals surface area contributed by atoms with Crippen LogP contribution in [-0.4, -0.2) is 11.8 Å². The molecule has 1 atom stereocenters. The van der Waals surface area contributed by atoms with Gasteiger partial charge < -0.3 is 4.74 Å². The molecule has 26 heavy (non-hydrogen) atoms. The van der Waals surface area contributed by atoms with Crippen molar-refractivity contribution in [1.82, 2.24) is 0 Å². The van der Waals surface area contributed by atoms with Gasteiger partial charge in [0.25, 0.3) is 0 Å². The van der Waals surface area contributed by atoms with Crippen LogP contribution in [0.15, 0.2) is 78.9 Å². The first kappa shape index (κ1) is 17.6. The SMILES string of the molecule is Cc1ccccc1OC(=O)[C@H](C)c1cccc(C(=O)c2ccccc2)c1. The van der Waals surface area contributed by atoms with Crippen LogP contribution in [-0.2, 0) is 4.79 Å². The predicted molar refractivity (Wildman–Crippen MR) is 102 cm³/mol. The quantitative estimate of drug-likeness (QED) is 0.374. The molecule has 0 aliphatic heterocycles. The molecule has 0 aliphatic rings. The molecule has 0 fully saturated rings. The molecular weight excluding hydrogens is 324 g/mol. The highest BCUT2D eigenvalue weighted by Gasteiger charge is 2.20. The number of ether oxygens (including phenoxy) is 1. The third-order valence-corrected chi connectivity index (χ3v) is 4.34. The molecule has 0 bridgehead atoms. The smallest absolute Gasteiger partial charge is 0.318 e. The molecule has 3 heteroatoms. The van der Waals surface area contributed by atoms with Gasteiger partial charge in [-0.1, -0.05) is 66.7 Å². The van der Waals surface area contributed by atoms with Crippen LogP contribution in [0, 0.1) is 6.92 Å². The van der Waals surface area contributed by atoms with Gasteiger partial charge in [-0.15, -0.1) is 0 Å². The zero-order valence-corrected chi connectivity index (χ0v) is 14.8. The van der Waals surface area contributed by atoms with Gasteiger partial charge in [-0.05, 0) is 37.1 Å². The van der Waals surface area contributed by atoms with Gasteiger partial charge >= 0.3 is 5.97 Å². The van der Waals surface area contributed by atoms with E-state index < -0.39 is 5.92 Å². The van der Waals surface area contributed by atoms with Gasteiger partial charge in [0.1, 0.15) is 5.75 Å². The van der Waals surface area contributed by atoms with Crippen LogP contribution < -0.4 is 4.74 Å². The van der Waals surface area contributed by atoms with Crippen LogP contribution in [0.3, 0.4) is 0 Å². The second-order valence-corrected chi connectivity index (χ2v) is 6.23. The summed E-state index contributed by atoms with van der Waals surface area (Å²) in [5.74, 6) is -0.325. The molecule has 0 aliphatic carbocycles. The number of aryl methyl sites for hydroxylation is 1. The summed E-state index contributed by atoms with van der Waals surface area (Å²) in [6.45, 7) is 3.68. The Kier molecular flexibility index (Phi) is 5.28. The monoisotopic (exact) mass is 344 g/mol. The second-order valence-electron chi connectivity index (χ2n) is 6.23. The topological polar surface area (TPSA) is 43.4 Å². The molecule has 0 saturated heterocycles. The van der Waals surface area contributed by atoms with Crippen molar-refractivity contribution < 1.29 is 14.3 Å². The highest BCUT2D eigenvalue weighted by Crippen LogP contribution is 2.23. The maximum atomic E-state index is 12.6. The zero-order chi connectivity index (χ0) is 18.5. The number of rotatable bonds is 5. The van der Waals surface area contributed by atoms with E-state index in [1.54, 1.807) is 43.3 Å². The molecule has 0 saturated carbocycles. The van der Waals surface area contributed by atoms with Crippen molar-refractivity contribution in [3.63, 3.8) is 0 Å². The van der Waals surface area contributed by atoms with Gasteiger partial charge in [-0.25, -0.2) is 0 Å². The summed E-state index contributed by atoms with van der Waals surface area (Å²) in [6.07, 6.45) is 0. The summed E-state index contributed by atoms with van der Waals surface area (Å²) < 4.78 is 5.52. The number of esters is 1. The van der Waals surface area contributed by atoms with E-state index in [2.05, 4.69) is 0 Å². The molecule has 0 radical (unpaired) electrons. The average molecular weight is 344 g/mol. The van der Waals surface area contributed by atoms with E-state index in [0.29, 0.717) is 16.9 Å². The van der Waals surface area contributed by atoms with Crippen molar-refractivity contribution in [2.45, 2.75) is 19.8 Å². The molecule has 3 aromatic carbocycles. The summed E-state index contributed by atoms with van der Waals surface area (Å²) >= 11 is 0. The fourth-order valence-corrected chi connectivity index (χ4v) is 2.71. The molecule has 3 aromatic rings. The van der Waals surface area contributed by atoms with E-state index in [9.17, 15) is 9.59 Å². The van der Waals surface area contributed by atoms with Crippen molar-refractivity contribution in [2.24, 2.45) is 0 Å². The summed E-state index contributed by atoms with van der Waals surface area (Å²) in [7, 11) is 0. The minimum absolute atomic E-state index is 0.0630. The maximum absolute atomic E-state index is 12.6. The van der Waals surface area contributed by atoms with Crippen molar-refractivity contribution >= 4 is 11.8 Å². The number of carbonyl (C=O) groups is 2. The van der Waals surface area contributed by atoms with Gasteiger partial charge in [0.15, 0.2) is 5.78 Å². The third kappa shape index (κ3) is 3.89. The maximum Gasteiger partial charge on any atom is 0.318 e. The summed E-state index contributed by atoms with van der Waals surface area (Å²) in [5, 5.41) is 0. The molecule has 0 heterocycles. The number of carbonyl (C=O) groups excluding carboxylic acids is 2. The third-order valence-electron chi connectivity index (χ3n) is 4.34. The van der Waals surface area contributed by atoms with Crippen LogP contribution in [0.2, 0.25) is 0 Å². The fraction of sp³-hybridized carbons (Fsp3) is 0.130. The number of ketones is 1. The fourth-order valence-electron chi connectivity index (χ4n) is 2.71. The van der Waals surface area contributed by atoms with E-state index in [0.717, 1.165) is 11.1 Å². The Morgan fingerprint density at radius 1 is 0.808 bits per heavy atom. The van der Waals surface area contributed by atoms with Crippen molar-refractivity contribution in [2.75, 3.05) is 0 Å². The minimum atomic E-state index is -0.474. The van der Waals surface area contributed by atoms with Crippen LogP contribution in [0.4, 0.5) is 0 Å². The van der Waals surface area contributed by atoms with Crippen LogP contribution >= 0.6 is 0 Å².